The van der Waals surface area contributed by atoms with E-state index in [1.54, 1.807) is 4.90 Å². The van der Waals surface area contributed by atoms with Crippen LogP contribution in [0.4, 0.5) is 10.5 Å². The van der Waals surface area contributed by atoms with Crippen LogP contribution in [-0.4, -0.2) is 59.0 Å². The fourth-order valence-corrected chi connectivity index (χ4v) is 3.71. The van der Waals surface area contributed by atoms with Crippen LogP contribution in [0.1, 0.15) is 39.2 Å². The van der Waals surface area contributed by atoms with Gasteiger partial charge >= 0.3 is 6.09 Å². The molecule has 1 heterocycles. The molecular formula is C21H31N3O4S. The molecule has 3 amide bonds. The van der Waals surface area contributed by atoms with E-state index in [0.29, 0.717) is 25.9 Å². The highest BCUT2D eigenvalue weighted by molar-refractivity contribution is 8.00. The number of ether oxygens (including phenoxy) is 1. The zero-order chi connectivity index (χ0) is 21.4. The molecule has 2 rings (SSSR count). The first-order valence-corrected chi connectivity index (χ1v) is 11.0. The number of aryl methyl sites for hydroxylation is 1. The zero-order valence-electron chi connectivity index (χ0n) is 17.6. The summed E-state index contributed by atoms with van der Waals surface area (Å²) in [6.45, 7) is 8.63. The number of carbonyl (C=O) groups excluding carboxylic acids is 3. The van der Waals surface area contributed by atoms with Gasteiger partial charge in [0.2, 0.25) is 11.8 Å². The average Bonchev–Trinajstić information content (AvgIpc) is 2.60. The number of thioether (sulfide) groups is 1. The SMILES string of the molecule is Cc1cccc(NC(=O)CSCC(=O)N2CCC(NC(=O)OC(C)(C)C)CC2)c1. The lowest BCUT2D eigenvalue weighted by Gasteiger charge is -2.32. The van der Waals surface area contributed by atoms with Crippen LogP contribution < -0.4 is 10.6 Å². The molecule has 0 bridgehead atoms. The molecule has 1 aromatic carbocycles. The molecule has 0 radical (unpaired) electrons. The fraction of sp³-hybridized carbons (Fsp3) is 0.571. The lowest BCUT2D eigenvalue weighted by Crippen LogP contribution is -2.48. The molecule has 160 valence electrons. The third-order valence-electron chi connectivity index (χ3n) is 4.33. The van der Waals surface area contributed by atoms with Crippen LogP contribution in [0.25, 0.3) is 0 Å². The van der Waals surface area contributed by atoms with Crippen molar-refractivity contribution in [1.82, 2.24) is 10.2 Å². The highest BCUT2D eigenvalue weighted by Gasteiger charge is 2.25. The van der Waals surface area contributed by atoms with Gasteiger partial charge in [0.25, 0.3) is 0 Å². The Kier molecular flexibility index (Phi) is 8.37. The summed E-state index contributed by atoms with van der Waals surface area (Å²) in [5, 5.41) is 5.70. The Hall–Kier alpha value is -2.22. The van der Waals surface area contributed by atoms with Crippen molar-refractivity contribution in [2.45, 2.75) is 52.2 Å². The van der Waals surface area contributed by atoms with Crippen molar-refractivity contribution in [2.75, 3.05) is 29.9 Å². The van der Waals surface area contributed by atoms with Crippen LogP contribution >= 0.6 is 11.8 Å². The number of piperidine rings is 1. The van der Waals surface area contributed by atoms with Gasteiger partial charge in [-0.25, -0.2) is 4.79 Å². The summed E-state index contributed by atoms with van der Waals surface area (Å²) in [7, 11) is 0. The first kappa shape index (κ1) is 23.1. The highest BCUT2D eigenvalue weighted by atomic mass is 32.2. The van der Waals surface area contributed by atoms with E-state index in [0.717, 1.165) is 11.3 Å². The number of nitrogens with one attached hydrogen (secondary N) is 2. The van der Waals surface area contributed by atoms with Gasteiger partial charge in [-0.15, -0.1) is 11.8 Å². The van der Waals surface area contributed by atoms with Crippen LogP contribution in [0.2, 0.25) is 0 Å². The van der Waals surface area contributed by atoms with E-state index in [1.807, 2.05) is 52.0 Å². The largest absolute Gasteiger partial charge is 0.444 e. The van der Waals surface area contributed by atoms with E-state index in [2.05, 4.69) is 10.6 Å². The monoisotopic (exact) mass is 421 g/mol. The van der Waals surface area contributed by atoms with Gasteiger partial charge in [0.05, 0.1) is 11.5 Å². The summed E-state index contributed by atoms with van der Waals surface area (Å²) in [5.74, 6) is 0.407. The number of alkyl carbamates (subject to hydrolysis) is 1. The quantitative estimate of drug-likeness (QED) is 0.737. The molecule has 7 nitrogen and oxygen atoms in total. The van der Waals surface area contributed by atoms with E-state index < -0.39 is 11.7 Å². The van der Waals surface area contributed by atoms with Crippen molar-refractivity contribution in [1.29, 1.82) is 0 Å². The number of rotatable bonds is 6. The number of nitrogens with zero attached hydrogens (tertiary/aromatic N) is 1. The zero-order valence-corrected chi connectivity index (χ0v) is 18.4. The number of likely N-dealkylation sites (tertiary alicyclic amines) is 1. The maximum absolute atomic E-state index is 12.4. The summed E-state index contributed by atoms with van der Waals surface area (Å²) in [6, 6.07) is 7.62. The van der Waals surface area contributed by atoms with E-state index in [4.69, 9.17) is 4.74 Å². The molecule has 1 saturated heterocycles. The summed E-state index contributed by atoms with van der Waals surface area (Å²) in [5.41, 5.74) is 1.32. The average molecular weight is 422 g/mol. The summed E-state index contributed by atoms with van der Waals surface area (Å²) in [6.07, 6.45) is 0.977. The molecule has 0 unspecified atom stereocenters. The number of hydrogen-bond donors (Lipinski definition) is 2. The molecule has 0 atom stereocenters. The summed E-state index contributed by atoms with van der Waals surface area (Å²) < 4.78 is 5.27. The molecule has 0 spiro atoms. The molecule has 0 aliphatic carbocycles. The van der Waals surface area contributed by atoms with Crippen molar-refractivity contribution >= 4 is 35.4 Å². The molecule has 0 saturated carbocycles. The van der Waals surface area contributed by atoms with E-state index >= 15 is 0 Å². The first-order valence-electron chi connectivity index (χ1n) is 9.84. The number of hydrogen-bond acceptors (Lipinski definition) is 5. The molecule has 1 aliphatic rings. The molecule has 8 heteroatoms. The predicted octanol–water partition coefficient (Wildman–Crippen LogP) is 3.18. The van der Waals surface area contributed by atoms with Crippen LogP contribution in [0.3, 0.4) is 0 Å². The molecular weight excluding hydrogens is 390 g/mol. The Morgan fingerprint density at radius 2 is 1.86 bits per heavy atom. The number of anilines is 1. The molecule has 29 heavy (non-hydrogen) atoms. The van der Waals surface area contributed by atoms with Crippen LogP contribution in [0.5, 0.6) is 0 Å². The Bertz CT molecular complexity index is 725. The van der Waals surface area contributed by atoms with Gasteiger partial charge in [-0.1, -0.05) is 12.1 Å². The van der Waals surface area contributed by atoms with Crippen LogP contribution in [0, 0.1) is 6.92 Å². The van der Waals surface area contributed by atoms with Crippen LogP contribution in [-0.2, 0) is 14.3 Å². The fourth-order valence-electron chi connectivity index (χ4n) is 2.99. The number of benzene rings is 1. The third kappa shape index (κ3) is 8.77. The van der Waals surface area contributed by atoms with Gasteiger partial charge in [-0.3, -0.25) is 9.59 Å². The molecule has 1 fully saturated rings. The molecule has 1 aliphatic heterocycles. The van der Waals surface area contributed by atoms with Crippen molar-refractivity contribution in [3.05, 3.63) is 29.8 Å². The minimum atomic E-state index is -0.524. The van der Waals surface area contributed by atoms with Crippen molar-refractivity contribution in [3.8, 4) is 0 Å². The van der Waals surface area contributed by atoms with Gasteiger partial charge in [0.15, 0.2) is 0 Å². The van der Waals surface area contributed by atoms with E-state index in [1.165, 1.54) is 11.8 Å². The Balaban J connectivity index is 1.64. The second-order valence-corrected chi connectivity index (χ2v) is 9.20. The normalized spacial score (nSPS) is 15.0. The smallest absolute Gasteiger partial charge is 0.407 e. The van der Waals surface area contributed by atoms with Gasteiger partial charge in [-0.2, -0.15) is 0 Å². The number of carbonyl (C=O) groups is 3. The second kappa shape index (κ2) is 10.5. The number of amides is 3. The van der Waals surface area contributed by atoms with E-state index in [9.17, 15) is 14.4 Å². The first-order chi connectivity index (χ1) is 13.6. The topological polar surface area (TPSA) is 87.7 Å². The summed E-state index contributed by atoms with van der Waals surface area (Å²) in [4.78, 5) is 38.0. The second-order valence-electron chi connectivity index (χ2n) is 8.21. The Morgan fingerprint density at radius 1 is 1.17 bits per heavy atom. The van der Waals surface area contributed by atoms with Crippen molar-refractivity contribution in [2.24, 2.45) is 0 Å². The minimum Gasteiger partial charge on any atom is -0.444 e. The molecule has 2 N–H and O–H groups in total. The van der Waals surface area contributed by atoms with E-state index in [-0.39, 0.29) is 29.4 Å². The maximum Gasteiger partial charge on any atom is 0.407 e. The Morgan fingerprint density at radius 3 is 2.48 bits per heavy atom. The van der Waals surface area contributed by atoms with Crippen molar-refractivity contribution < 1.29 is 19.1 Å². The maximum atomic E-state index is 12.4. The predicted molar refractivity (Wildman–Crippen MR) is 116 cm³/mol. The van der Waals surface area contributed by atoms with Crippen molar-refractivity contribution in [3.63, 3.8) is 0 Å². The standard InChI is InChI=1S/C21H31N3O4S/c1-15-6-5-7-17(12-15)22-18(25)13-29-14-19(26)24-10-8-16(9-11-24)23-20(27)28-21(2,3)4/h5-7,12,16H,8-11,13-14H2,1-4H3,(H,22,25)(H,23,27). The van der Waals surface area contributed by atoms with Gasteiger partial charge < -0.3 is 20.3 Å². The van der Waals surface area contributed by atoms with Gasteiger partial charge in [0, 0.05) is 24.8 Å². The lowest BCUT2D eigenvalue weighted by atomic mass is 10.1. The third-order valence-corrected chi connectivity index (χ3v) is 5.25. The van der Waals surface area contributed by atoms with Gasteiger partial charge in [-0.05, 0) is 58.2 Å². The van der Waals surface area contributed by atoms with Crippen LogP contribution in [0.15, 0.2) is 24.3 Å². The Labute approximate surface area is 176 Å². The highest BCUT2D eigenvalue weighted by Crippen LogP contribution is 2.15. The molecule has 0 aromatic heterocycles. The summed E-state index contributed by atoms with van der Waals surface area (Å²) >= 11 is 1.31. The lowest BCUT2D eigenvalue weighted by molar-refractivity contribution is -0.129. The van der Waals surface area contributed by atoms with Gasteiger partial charge in [0.1, 0.15) is 5.60 Å². The minimum absolute atomic E-state index is 0.0154. The molecule has 1 aromatic rings.